The molecule has 0 aliphatic rings. The predicted octanol–water partition coefficient (Wildman–Crippen LogP) is 0.635. The molecule has 2 aromatic rings. The van der Waals surface area contributed by atoms with Crippen molar-refractivity contribution in [2.45, 2.75) is 13.0 Å². The minimum Gasteiger partial charge on any atom is -0.394 e. The van der Waals surface area contributed by atoms with E-state index in [1.807, 2.05) is 29.5 Å². The van der Waals surface area contributed by atoms with Crippen molar-refractivity contribution in [2.24, 2.45) is 5.73 Å². The van der Waals surface area contributed by atoms with E-state index in [1.165, 1.54) is 0 Å². The van der Waals surface area contributed by atoms with Gasteiger partial charge in [0.15, 0.2) is 0 Å². The fourth-order valence-corrected chi connectivity index (χ4v) is 1.55. The Hall–Kier alpha value is -1.39. The van der Waals surface area contributed by atoms with E-state index in [-0.39, 0.29) is 6.61 Å². The van der Waals surface area contributed by atoms with E-state index in [4.69, 9.17) is 10.8 Å². The summed E-state index contributed by atoms with van der Waals surface area (Å²) < 4.78 is 1.96. The Bertz CT molecular complexity index is 450. The van der Waals surface area contributed by atoms with Crippen LogP contribution in [-0.2, 0) is 0 Å². The molecule has 2 rings (SSSR count). The lowest BCUT2D eigenvalue weighted by molar-refractivity contribution is 0.267. The molecule has 1 unspecified atom stereocenters. The van der Waals surface area contributed by atoms with Gasteiger partial charge >= 0.3 is 0 Å². The number of aliphatic hydroxyl groups excluding tert-OH is 1. The molecular weight excluding hydrogens is 178 g/mol. The van der Waals surface area contributed by atoms with Crippen molar-refractivity contribution >= 4 is 5.52 Å². The quantitative estimate of drug-likeness (QED) is 0.732. The van der Waals surface area contributed by atoms with Crippen LogP contribution in [0.3, 0.4) is 0 Å². The third-order valence-electron chi connectivity index (χ3n) is 2.35. The molecular formula is C10H13N3O. The summed E-state index contributed by atoms with van der Waals surface area (Å²) in [6.07, 6.45) is 1.73. The summed E-state index contributed by atoms with van der Waals surface area (Å²) in [6.45, 7) is 1.92. The van der Waals surface area contributed by atoms with Crippen LogP contribution in [0.5, 0.6) is 0 Å². The van der Waals surface area contributed by atoms with Crippen molar-refractivity contribution in [3.63, 3.8) is 0 Å². The first-order valence-electron chi connectivity index (χ1n) is 4.53. The highest BCUT2D eigenvalue weighted by Crippen LogP contribution is 2.16. The Labute approximate surface area is 82.0 Å². The first-order valence-corrected chi connectivity index (χ1v) is 4.53. The van der Waals surface area contributed by atoms with Crippen LogP contribution in [0, 0.1) is 6.92 Å². The van der Waals surface area contributed by atoms with Crippen LogP contribution in [0.1, 0.15) is 17.4 Å². The number of hydrogen-bond acceptors (Lipinski definition) is 3. The summed E-state index contributed by atoms with van der Waals surface area (Å²) in [5.41, 5.74) is 8.54. The number of pyridine rings is 1. The first kappa shape index (κ1) is 9.18. The number of nitrogens with two attached hydrogens (primary N) is 1. The van der Waals surface area contributed by atoms with Crippen LogP contribution in [0.15, 0.2) is 24.5 Å². The van der Waals surface area contributed by atoms with Crippen LogP contribution >= 0.6 is 0 Å². The predicted molar refractivity (Wildman–Crippen MR) is 53.9 cm³/mol. The van der Waals surface area contributed by atoms with Gasteiger partial charge in [-0.1, -0.05) is 6.07 Å². The lowest BCUT2D eigenvalue weighted by atomic mass is 10.2. The van der Waals surface area contributed by atoms with Crippen molar-refractivity contribution < 1.29 is 5.11 Å². The second-order valence-electron chi connectivity index (χ2n) is 3.34. The molecule has 2 aromatic heterocycles. The number of rotatable bonds is 2. The van der Waals surface area contributed by atoms with Gasteiger partial charge in [0.1, 0.15) is 0 Å². The molecule has 0 saturated carbocycles. The molecule has 4 nitrogen and oxygen atoms in total. The van der Waals surface area contributed by atoms with Gasteiger partial charge in [-0.15, -0.1) is 0 Å². The average molecular weight is 191 g/mol. The van der Waals surface area contributed by atoms with Crippen LogP contribution in [0.4, 0.5) is 0 Å². The molecule has 74 valence electrons. The van der Waals surface area contributed by atoms with Gasteiger partial charge in [-0.05, 0) is 19.1 Å². The maximum atomic E-state index is 8.96. The van der Waals surface area contributed by atoms with Crippen LogP contribution in [0.2, 0.25) is 0 Å². The minimum absolute atomic E-state index is 0.0827. The second kappa shape index (κ2) is 3.40. The van der Waals surface area contributed by atoms with Crippen molar-refractivity contribution in [1.82, 2.24) is 9.38 Å². The summed E-state index contributed by atoms with van der Waals surface area (Å²) in [4.78, 5) is 4.20. The standard InChI is InChI=1S/C10H13N3O/c1-7-3-2-4-9-10(8(11)5-14)12-6-13(7)9/h2-4,6,8,14H,5,11H2,1H3. The second-order valence-corrected chi connectivity index (χ2v) is 3.34. The molecule has 0 fully saturated rings. The van der Waals surface area contributed by atoms with Gasteiger partial charge in [0.05, 0.1) is 30.2 Å². The smallest absolute Gasteiger partial charge is 0.0998 e. The molecule has 14 heavy (non-hydrogen) atoms. The largest absolute Gasteiger partial charge is 0.394 e. The fourth-order valence-electron chi connectivity index (χ4n) is 1.55. The molecule has 1 atom stereocenters. The van der Waals surface area contributed by atoms with E-state index in [2.05, 4.69) is 4.98 Å². The number of aromatic nitrogens is 2. The number of aryl methyl sites for hydroxylation is 1. The third kappa shape index (κ3) is 1.29. The van der Waals surface area contributed by atoms with E-state index in [0.717, 1.165) is 16.9 Å². The molecule has 0 aliphatic carbocycles. The molecule has 0 radical (unpaired) electrons. The van der Waals surface area contributed by atoms with Crippen molar-refractivity contribution in [2.75, 3.05) is 6.61 Å². The molecule has 0 bridgehead atoms. The summed E-state index contributed by atoms with van der Waals surface area (Å²) in [7, 11) is 0. The Morgan fingerprint density at radius 2 is 2.36 bits per heavy atom. The van der Waals surface area contributed by atoms with Crippen LogP contribution in [-0.4, -0.2) is 21.1 Å². The molecule has 2 heterocycles. The van der Waals surface area contributed by atoms with Gasteiger partial charge in [-0.25, -0.2) is 4.98 Å². The number of hydrogen-bond donors (Lipinski definition) is 2. The van der Waals surface area contributed by atoms with Crippen molar-refractivity contribution in [3.8, 4) is 0 Å². The number of nitrogens with zero attached hydrogens (tertiary/aromatic N) is 2. The van der Waals surface area contributed by atoms with Gasteiger partial charge in [0.25, 0.3) is 0 Å². The molecule has 3 N–H and O–H groups in total. The highest BCUT2D eigenvalue weighted by atomic mass is 16.3. The zero-order valence-corrected chi connectivity index (χ0v) is 8.01. The van der Waals surface area contributed by atoms with Gasteiger partial charge in [0.2, 0.25) is 0 Å². The Balaban J connectivity index is 2.63. The Kier molecular flexibility index (Phi) is 2.23. The fraction of sp³-hybridized carbons (Fsp3) is 0.300. The highest BCUT2D eigenvalue weighted by Gasteiger charge is 2.11. The van der Waals surface area contributed by atoms with Gasteiger partial charge in [0, 0.05) is 5.69 Å². The zero-order valence-electron chi connectivity index (χ0n) is 8.01. The topological polar surface area (TPSA) is 63.5 Å². The molecule has 0 aromatic carbocycles. The Morgan fingerprint density at radius 1 is 1.57 bits per heavy atom. The average Bonchev–Trinajstić information content (AvgIpc) is 2.62. The highest BCUT2D eigenvalue weighted by molar-refractivity contribution is 5.54. The number of fused-ring (bicyclic) bond motifs is 1. The summed E-state index contributed by atoms with van der Waals surface area (Å²) in [6, 6.07) is 5.51. The molecule has 0 aliphatic heterocycles. The maximum absolute atomic E-state index is 8.96. The van der Waals surface area contributed by atoms with Gasteiger partial charge in [-0.2, -0.15) is 0 Å². The van der Waals surface area contributed by atoms with Crippen molar-refractivity contribution in [3.05, 3.63) is 35.9 Å². The van der Waals surface area contributed by atoms with Crippen LogP contribution < -0.4 is 5.73 Å². The maximum Gasteiger partial charge on any atom is 0.0998 e. The minimum atomic E-state index is -0.401. The SMILES string of the molecule is Cc1cccc2c(C(N)CO)ncn12. The lowest BCUT2D eigenvalue weighted by Crippen LogP contribution is -2.15. The normalized spacial score (nSPS) is 13.4. The van der Waals surface area contributed by atoms with E-state index in [0.29, 0.717) is 0 Å². The lowest BCUT2D eigenvalue weighted by Gasteiger charge is -2.05. The third-order valence-corrected chi connectivity index (χ3v) is 2.35. The van der Waals surface area contributed by atoms with Gasteiger partial charge in [-0.3, -0.25) is 0 Å². The van der Waals surface area contributed by atoms with E-state index in [1.54, 1.807) is 6.33 Å². The first-order chi connectivity index (χ1) is 6.74. The summed E-state index contributed by atoms with van der Waals surface area (Å²) in [5, 5.41) is 8.96. The van der Waals surface area contributed by atoms with Crippen molar-refractivity contribution in [1.29, 1.82) is 0 Å². The Morgan fingerprint density at radius 3 is 3.07 bits per heavy atom. The van der Waals surface area contributed by atoms with E-state index in [9.17, 15) is 0 Å². The van der Waals surface area contributed by atoms with E-state index >= 15 is 0 Å². The molecule has 0 spiro atoms. The summed E-state index contributed by atoms with van der Waals surface area (Å²) >= 11 is 0. The van der Waals surface area contributed by atoms with Gasteiger partial charge < -0.3 is 15.2 Å². The molecule has 4 heteroatoms. The number of imidazole rings is 1. The number of aliphatic hydroxyl groups is 1. The zero-order chi connectivity index (χ0) is 10.1. The van der Waals surface area contributed by atoms with E-state index < -0.39 is 6.04 Å². The molecule has 0 saturated heterocycles. The molecule has 0 amide bonds. The monoisotopic (exact) mass is 191 g/mol. The van der Waals surface area contributed by atoms with Crippen LogP contribution in [0.25, 0.3) is 5.52 Å². The summed E-state index contributed by atoms with van der Waals surface area (Å²) in [5.74, 6) is 0.